The first-order valence-corrected chi connectivity index (χ1v) is 8.04. The number of likely N-dealkylation sites (N-methyl/N-ethyl adjacent to an activating group) is 1. The minimum absolute atomic E-state index is 0.0272. The largest absolute Gasteiger partial charge is 0.416 e. The van der Waals surface area contributed by atoms with E-state index in [1.807, 2.05) is 0 Å². The third kappa shape index (κ3) is 3.56. The van der Waals surface area contributed by atoms with E-state index in [4.69, 9.17) is 0 Å². The Bertz CT molecular complexity index is 602. The van der Waals surface area contributed by atoms with Gasteiger partial charge in [0.25, 0.3) is 0 Å². The number of hydrogen-bond acceptors (Lipinski definition) is 3. The molecule has 0 amide bonds. The molecule has 0 aromatic heterocycles. The first-order valence-electron chi connectivity index (χ1n) is 6.60. The van der Waals surface area contributed by atoms with Crippen molar-refractivity contribution in [3.8, 4) is 0 Å². The summed E-state index contributed by atoms with van der Waals surface area (Å²) in [6.45, 7) is 0.603. The number of piperidine rings is 1. The first kappa shape index (κ1) is 16.3. The van der Waals surface area contributed by atoms with E-state index in [1.54, 1.807) is 7.05 Å². The molecule has 0 aliphatic carbocycles. The van der Waals surface area contributed by atoms with Gasteiger partial charge < -0.3 is 5.32 Å². The molecule has 1 aliphatic heterocycles. The lowest BCUT2D eigenvalue weighted by molar-refractivity contribution is -0.137. The van der Waals surface area contributed by atoms with Gasteiger partial charge in [-0.25, -0.2) is 8.42 Å². The summed E-state index contributed by atoms with van der Waals surface area (Å²) in [6.07, 6.45) is -3.02. The number of halogens is 3. The van der Waals surface area contributed by atoms with Crippen molar-refractivity contribution in [1.82, 2.24) is 9.62 Å². The van der Waals surface area contributed by atoms with Crippen LogP contribution < -0.4 is 5.32 Å². The van der Waals surface area contributed by atoms with Gasteiger partial charge in [0.1, 0.15) is 0 Å². The molecule has 1 heterocycles. The van der Waals surface area contributed by atoms with Crippen LogP contribution in [0.2, 0.25) is 0 Å². The van der Waals surface area contributed by atoms with E-state index in [2.05, 4.69) is 5.32 Å². The maximum absolute atomic E-state index is 12.7. The molecule has 0 unspecified atom stereocenters. The SMILES string of the molecule is CN[C@@H]1CCCN(S(=O)(=O)c2cccc(C(F)(F)F)c2)C1. The van der Waals surface area contributed by atoms with Crippen LogP contribution in [0.3, 0.4) is 0 Å². The molecule has 1 aromatic rings. The summed E-state index contributed by atoms with van der Waals surface area (Å²) in [7, 11) is -2.15. The second-order valence-corrected chi connectivity index (χ2v) is 6.95. The van der Waals surface area contributed by atoms with Crippen LogP contribution in [0, 0.1) is 0 Å². The number of sulfonamides is 1. The molecule has 0 radical (unpaired) electrons. The van der Waals surface area contributed by atoms with Gasteiger partial charge in [0.05, 0.1) is 10.5 Å². The summed E-state index contributed by atoms with van der Waals surface area (Å²) >= 11 is 0. The molecule has 1 aliphatic rings. The van der Waals surface area contributed by atoms with E-state index in [0.29, 0.717) is 19.0 Å². The lowest BCUT2D eigenvalue weighted by Gasteiger charge is -2.31. The van der Waals surface area contributed by atoms with Crippen molar-refractivity contribution in [2.75, 3.05) is 20.1 Å². The van der Waals surface area contributed by atoms with Crippen molar-refractivity contribution in [2.45, 2.75) is 30.0 Å². The minimum Gasteiger partial charge on any atom is -0.316 e. The number of rotatable bonds is 3. The van der Waals surface area contributed by atoms with Gasteiger partial charge in [0, 0.05) is 19.1 Å². The highest BCUT2D eigenvalue weighted by Gasteiger charge is 2.34. The van der Waals surface area contributed by atoms with Crippen molar-refractivity contribution in [1.29, 1.82) is 0 Å². The first-order chi connectivity index (χ1) is 9.75. The Balaban J connectivity index is 2.31. The molecule has 1 saturated heterocycles. The molecule has 1 atom stereocenters. The van der Waals surface area contributed by atoms with Crippen molar-refractivity contribution in [3.63, 3.8) is 0 Å². The van der Waals surface area contributed by atoms with Crippen LogP contribution in [0.5, 0.6) is 0 Å². The summed E-state index contributed by atoms with van der Waals surface area (Å²) in [5.74, 6) is 0. The quantitative estimate of drug-likeness (QED) is 0.927. The van der Waals surface area contributed by atoms with Crippen LogP contribution in [0.25, 0.3) is 0 Å². The molecule has 0 spiro atoms. The number of nitrogens with zero attached hydrogens (tertiary/aromatic N) is 1. The van der Waals surface area contributed by atoms with Gasteiger partial charge in [0.2, 0.25) is 10.0 Å². The topological polar surface area (TPSA) is 49.4 Å². The summed E-state index contributed by atoms with van der Waals surface area (Å²) < 4.78 is 64.3. The van der Waals surface area contributed by atoms with E-state index < -0.39 is 21.8 Å². The van der Waals surface area contributed by atoms with E-state index >= 15 is 0 Å². The lowest BCUT2D eigenvalue weighted by atomic mass is 10.1. The monoisotopic (exact) mass is 322 g/mol. The molecule has 21 heavy (non-hydrogen) atoms. The van der Waals surface area contributed by atoms with Crippen LogP contribution in [0.4, 0.5) is 13.2 Å². The van der Waals surface area contributed by atoms with Crippen molar-refractivity contribution >= 4 is 10.0 Å². The Morgan fingerprint density at radius 1 is 1.33 bits per heavy atom. The van der Waals surface area contributed by atoms with E-state index in [-0.39, 0.29) is 17.5 Å². The van der Waals surface area contributed by atoms with Gasteiger partial charge in [-0.05, 0) is 38.1 Å². The summed E-state index contributed by atoms with van der Waals surface area (Å²) in [6, 6.07) is 3.91. The van der Waals surface area contributed by atoms with Crippen molar-refractivity contribution < 1.29 is 21.6 Å². The maximum Gasteiger partial charge on any atom is 0.416 e. The third-order valence-electron chi connectivity index (χ3n) is 3.59. The van der Waals surface area contributed by atoms with Crippen LogP contribution in [-0.2, 0) is 16.2 Å². The van der Waals surface area contributed by atoms with Gasteiger partial charge >= 0.3 is 6.18 Å². The molecular formula is C13H17F3N2O2S. The molecule has 1 N–H and O–H groups in total. The van der Waals surface area contributed by atoms with Gasteiger partial charge in [0.15, 0.2) is 0 Å². The Labute approximate surface area is 122 Å². The number of alkyl halides is 3. The predicted octanol–water partition coefficient (Wildman–Crippen LogP) is 2.08. The Morgan fingerprint density at radius 3 is 2.67 bits per heavy atom. The average Bonchev–Trinajstić information content (AvgIpc) is 2.46. The predicted molar refractivity (Wildman–Crippen MR) is 72.3 cm³/mol. The standard InChI is InChI=1S/C13H17F3N2O2S/c1-17-11-5-3-7-18(9-11)21(19,20)12-6-2-4-10(8-12)13(14,15)16/h2,4,6,8,11,17H,3,5,7,9H2,1H3/t11-/m1/s1. The number of hydrogen-bond donors (Lipinski definition) is 1. The zero-order valence-corrected chi connectivity index (χ0v) is 12.3. The molecule has 0 bridgehead atoms. The molecule has 118 valence electrons. The Kier molecular flexibility index (Phi) is 4.60. The fourth-order valence-electron chi connectivity index (χ4n) is 2.38. The highest BCUT2D eigenvalue weighted by Crippen LogP contribution is 2.31. The summed E-state index contributed by atoms with van der Waals surface area (Å²) in [5, 5.41) is 3.01. The smallest absolute Gasteiger partial charge is 0.316 e. The average molecular weight is 322 g/mol. The zero-order chi connectivity index (χ0) is 15.7. The van der Waals surface area contributed by atoms with Crippen LogP contribution in [0.1, 0.15) is 18.4 Å². The normalized spacial score (nSPS) is 21.4. The van der Waals surface area contributed by atoms with Crippen LogP contribution in [-0.4, -0.2) is 38.9 Å². The highest BCUT2D eigenvalue weighted by molar-refractivity contribution is 7.89. The molecule has 2 rings (SSSR count). The fraction of sp³-hybridized carbons (Fsp3) is 0.538. The minimum atomic E-state index is -4.55. The Morgan fingerprint density at radius 2 is 2.05 bits per heavy atom. The fourth-order valence-corrected chi connectivity index (χ4v) is 3.95. The third-order valence-corrected chi connectivity index (χ3v) is 5.45. The van der Waals surface area contributed by atoms with Gasteiger partial charge in [-0.15, -0.1) is 0 Å². The molecule has 0 saturated carbocycles. The van der Waals surface area contributed by atoms with Crippen LogP contribution >= 0.6 is 0 Å². The van der Waals surface area contributed by atoms with Gasteiger partial charge in [-0.3, -0.25) is 0 Å². The molecule has 1 fully saturated rings. The summed E-state index contributed by atoms with van der Waals surface area (Å²) in [4.78, 5) is -0.311. The molecule has 4 nitrogen and oxygen atoms in total. The molecular weight excluding hydrogens is 305 g/mol. The zero-order valence-electron chi connectivity index (χ0n) is 11.5. The molecule has 8 heteroatoms. The number of benzene rings is 1. The van der Waals surface area contributed by atoms with E-state index in [0.717, 1.165) is 18.6 Å². The molecule has 1 aromatic carbocycles. The van der Waals surface area contributed by atoms with Gasteiger partial charge in [-0.2, -0.15) is 17.5 Å². The van der Waals surface area contributed by atoms with Crippen molar-refractivity contribution in [2.24, 2.45) is 0 Å². The number of nitrogens with one attached hydrogen (secondary N) is 1. The Hall–Kier alpha value is -1.12. The highest BCUT2D eigenvalue weighted by atomic mass is 32.2. The van der Waals surface area contributed by atoms with E-state index in [1.165, 1.54) is 10.4 Å². The van der Waals surface area contributed by atoms with E-state index in [9.17, 15) is 21.6 Å². The van der Waals surface area contributed by atoms with Crippen molar-refractivity contribution in [3.05, 3.63) is 29.8 Å². The second-order valence-electron chi connectivity index (χ2n) is 5.02. The van der Waals surface area contributed by atoms with Crippen LogP contribution in [0.15, 0.2) is 29.2 Å². The summed E-state index contributed by atoms with van der Waals surface area (Å²) in [5.41, 5.74) is -0.953. The van der Waals surface area contributed by atoms with Gasteiger partial charge in [-0.1, -0.05) is 6.07 Å². The second kappa shape index (κ2) is 5.94. The lowest BCUT2D eigenvalue weighted by Crippen LogP contribution is -2.46. The maximum atomic E-state index is 12.7.